The van der Waals surface area contributed by atoms with E-state index in [1.807, 2.05) is 47.4 Å². The second kappa shape index (κ2) is 8.13. The molecule has 2 heterocycles. The highest BCUT2D eigenvalue weighted by Crippen LogP contribution is 2.25. The van der Waals surface area contributed by atoms with Gasteiger partial charge >= 0.3 is 6.03 Å². The molecule has 0 atom stereocenters. The summed E-state index contributed by atoms with van der Waals surface area (Å²) in [4.78, 5) is 20.9. The Bertz CT molecular complexity index is 1010. The number of aryl methyl sites for hydroxylation is 2. The van der Waals surface area contributed by atoms with Crippen LogP contribution in [0.2, 0.25) is 5.02 Å². The summed E-state index contributed by atoms with van der Waals surface area (Å²) in [7, 11) is 0. The van der Waals surface area contributed by atoms with Crippen molar-refractivity contribution >= 4 is 29.0 Å². The molecule has 3 aromatic rings. The molecule has 1 aliphatic heterocycles. The van der Waals surface area contributed by atoms with Gasteiger partial charge in [0.1, 0.15) is 0 Å². The number of nitrogens with one attached hydrogen (secondary N) is 1. The third kappa shape index (κ3) is 4.35. The molecular formula is C21H22ClN5O2. The van der Waals surface area contributed by atoms with E-state index in [4.69, 9.17) is 16.1 Å². The number of anilines is 2. The van der Waals surface area contributed by atoms with Crippen LogP contribution in [0, 0.1) is 13.8 Å². The van der Waals surface area contributed by atoms with Crippen molar-refractivity contribution in [3.8, 4) is 11.4 Å². The van der Waals surface area contributed by atoms with Crippen LogP contribution in [0.15, 0.2) is 47.0 Å². The average molecular weight is 412 g/mol. The summed E-state index contributed by atoms with van der Waals surface area (Å²) in [6, 6.07) is 13.2. The van der Waals surface area contributed by atoms with Crippen LogP contribution < -0.4 is 10.2 Å². The fourth-order valence-corrected chi connectivity index (χ4v) is 3.56. The summed E-state index contributed by atoms with van der Waals surface area (Å²) in [5.74, 6) is 1.05. The number of hydrogen-bond donors (Lipinski definition) is 1. The average Bonchev–Trinajstić information content (AvgIpc) is 3.17. The molecule has 2 aromatic carbocycles. The summed E-state index contributed by atoms with van der Waals surface area (Å²) in [5.41, 5.74) is 3.88. The van der Waals surface area contributed by atoms with E-state index in [1.165, 1.54) is 5.56 Å². The predicted molar refractivity (Wildman–Crippen MR) is 113 cm³/mol. The second-order valence-corrected chi connectivity index (χ2v) is 7.49. The van der Waals surface area contributed by atoms with Crippen molar-refractivity contribution in [2.45, 2.75) is 13.8 Å². The van der Waals surface area contributed by atoms with Crippen molar-refractivity contribution in [1.82, 2.24) is 15.0 Å². The molecule has 1 fully saturated rings. The lowest BCUT2D eigenvalue weighted by Gasteiger charge is -2.36. The summed E-state index contributed by atoms with van der Waals surface area (Å²) < 4.78 is 5.00. The number of urea groups is 1. The van der Waals surface area contributed by atoms with Gasteiger partial charge in [-0.3, -0.25) is 0 Å². The minimum atomic E-state index is -0.101. The SMILES string of the molecule is Cc1nc(-c2ccc(NC(=O)N3CCN(c4cc(Cl)ccc4C)CC3)cc2)no1. The molecule has 1 aromatic heterocycles. The predicted octanol–water partition coefficient (Wildman–Crippen LogP) is 4.36. The molecule has 1 N–H and O–H groups in total. The van der Waals surface area contributed by atoms with Crippen molar-refractivity contribution in [1.29, 1.82) is 0 Å². The first-order chi connectivity index (χ1) is 14.0. The highest BCUT2D eigenvalue weighted by molar-refractivity contribution is 6.30. The molecule has 1 aliphatic rings. The van der Waals surface area contributed by atoms with E-state index in [-0.39, 0.29) is 6.03 Å². The Balaban J connectivity index is 1.34. The Morgan fingerprint density at radius 2 is 1.79 bits per heavy atom. The molecule has 4 rings (SSSR count). The topological polar surface area (TPSA) is 74.5 Å². The first-order valence-corrected chi connectivity index (χ1v) is 9.85. The van der Waals surface area contributed by atoms with E-state index < -0.39 is 0 Å². The highest BCUT2D eigenvalue weighted by Gasteiger charge is 2.22. The monoisotopic (exact) mass is 411 g/mol. The molecule has 29 heavy (non-hydrogen) atoms. The zero-order chi connectivity index (χ0) is 20.4. The van der Waals surface area contributed by atoms with Gasteiger partial charge in [0.2, 0.25) is 11.7 Å². The maximum atomic E-state index is 12.6. The standard InChI is InChI=1S/C21H22ClN5O2/c1-14-3-6-17(22)13-19(14)26-9-11-27(12-10-26)21(28)24-18-7-4-16(5-8-18)20-23-15(2)29-25-20/h3-8,13H,9-12H2,1-2H3,(H,24,28). The van der Waals surface area contributed by atoms with Gasteiger partial charge in [0.25, 0.3) is 0 Å². The zero-order valence-electron chi connectivity index (χ0n) is 16.4. The Labute approximate surface area is 174 Å². The van der Waals surface area contributed by atoms with Crippen LogP contribution in [-0.4, -0.2) is 47.3 Å². The van der Waals surface area contributed by atoms with Gasteiger partial charge in [-0.05, 0) is 48.9 Å². The highest BCUT2D eigenvalue weighted by atomic mass is 35.5. The van der Waals surface area contributed by atoms with Crippen molar-refractivity contribution in [2.75, 3.05) is 36.4 Å². The van der Waals surface area contributed by atoms with Gasteiger partial charge in [-0.15, -0.1) is 0 Å². The molecule has 0 bridgehead atoms. The smallest absolute Gasteiger partial charge is 0.321 e. The van der Waals surface area contributed by atoms with Crippen molar-refractivity contribution < 1.29 is 9.32 Å². The van der Waals surface area contributed by atoms with Gasteiger partial charge in [0, 0.05) is 55.1 Å². The van der Waals surface area contributed by atoms with E-state index in [0.29, 0.717) is 24.8 Å². The van der Waals surface area contributed by atoms with Gasteiger partial charge < -0.3 is 19.6 Å². The lowest BCUT2D eigenvalue weighted by atomic mass is 10.1. The third-order valence-corrected chi connectivity index (χ3v) is 5.24. The minimum absolute atomic E-state index is 0.101. The number of carbonyl (C=O) groups excluding carboxylic acids is 1. The quantitative estimate of drug-likeness (QED) is 0.693. The molecule has 0 saturated carbocycles. The van der Waals surface area contributed by atoms with Crippen molar-refractivity contribution in [3.63, 3.8) is 0 Å². The van der Waals surface area contributed by atoms with Crippen molar-refractivity contribution in [2.24, 2.45) is 0 Å². The zero-order valence-corrected chi connectivity index (χ0v) is 17.1. The Kier molecular flexibility index (Phi) is 5.40. The van der Waals surface area contributed by atoms with Crippen LogP contribution in [-0.2, 0) is 0 Å². The van der Waals surface area contributed by atoms with Crippen LogP contribution >= 0.6 is 11.6 Å². The fraction of sp³-hybridized carbons (Fsp3) is 0.286. The minimum Gasteiger partial charge on any atom is -0.368 e. The first-order valence-electron chi connectivity index (χ1n) is 9.47. The third-order valence-electron chi connectivity index (χ3n) is 5.00. The van der Waals surface area contributed by atoms with Gasteiger partial charge in [-0.2, -0.15) is 4.98 Å². The Hall–Kier alpha value is -3.06. The molecule has 8 heteroatoms. The number of hydrogen-bond acceptors (Lipinski definition) is 5. The van der Waals surface area contributed by atoms with Crippen LogP contribution in [0.4, 0.5) is 16.2 Å². The van der Waals surface area contributed by atoms with E-state index in [2.05, 4.69) is 27.3 Å². The number of aromatic nitrogens is 2. The summed E-state index contributed by atoms with van der Waals surface area (Å²) in [6.07, 6.45) is 0. The molecule has 150 valence electrons. The van der Waals surface area contributed by atoms with Gasteiger partial charge in [-0.1, -0.05) is 22.8 Å². The van der Waals surface area contributed by atoms with Crippen LogP contribution in [0.3, 0.4) is 0 Å². The second-order valence-electron chi connectivity index (χ2n) is 7.05. The Morgan fingerprint density at radius 1 is 1.07 bits per heavy atom. The fourth-order valence-electron chi connectivity index (χ4n) is 3.40. The van der Waals surface area contributed by atoms with Crippen LogP contribution in [0.1, 0.15) is 11.5 Å². The van der Waals surface area contributed by atoms with E-state index in [9.17, 15) is 4.79 Å². The molecule has 7 nitrogen and oxygen atoms in total. The maximum Gasteiger partial charge on any atom is 0.321 e. The van der Waals surface area contributed by atoms with E-state index >= 15 is 0 Å². The lowest BCUT2D eigenvalue weighted by Crippen LogP contribution is -2.50. The maximum absolute atomic E-state index is 12.6. The number of benzene rings is 2. The normalized spacial score (nSPS) is 14.2. The molecule has 1 saturated heterocycles. The molecule has 0 radical (unpaired) electrons. The molecule has 0 unspecified atom stereocenters. The van der Waals surface area contributed by atoms with Gasteiger partial charge in [-0.25, -0.2) is 4.79 Å². The Morgan fingerprint density at radius 3 is 2.45 bits per heavy atom. The lowest BCUT2D eigenvalue weighted by molar-refractivity contribution is 0.208. The molecule has 0 aliphatic carbocycles. The molecule has 0 spiro atoms. The number of nitrogens with zero attached hydrogens (tertiary/aromatic N) is 4. The van der Waals surface area contributed by atoms with E-state index in [0.717, 1.165) is 35.1 Å². The number of carbonyl (C=O) groups is 1. The first kappa shape index (κ1) is 19.3. The van der Waals surface area contributed by atoms with E-state index in [1.54, 1.807) is 6.92 Å². The largest absolute Gasteiger partial charge is 0.368 e. The molecule has 2 amide bonds. The number of piperazine rings is 1. The van der Waals surface area contributed by atoms with Gasteiger partial charge in [0.15, 0.2) is 0 Å². The van der Waals surface area contributed by atoms with Gasteiger partial charge in [0.05, 0.1) is 0 Å². The number of amides is 2. The molecular weight excluding hydrogens is 390 g/mol. The number of halogens is 1. The van der Waals surface area contributed by atoms with Crippen LogP contribution in [0.5, 0.6) is 0 Å². The summed E-state index contributed by atoms with van der Waals surface area (Å²) in [6.45, 7) is 6.66. The van der Waals surface area contributed by atoms with Crippen LogP contribution in [0.25, 0.3) is 11.4 Å². The summed E-state index contributed by atoms with van der Waals surface area (Å²) in [5, 5.41) is 7.58. The van der Waals surface area contributed by atoms with Crippen molar-refractivity contribution in [3.05, 3.63) is 58.9 Å². The summed E-state index contributed by atoms with van der Waals surface area (Å²) >= 11 is 6.14. The number of rotatable bonds is 3.